The summed E-state index contributed by atoms with van der Waals surface area (Å²) in [5.74, 6) is -0.154. The lowest BCUT2D eigenvalue weighted by Crippen LogP contribution is -2.25. The Morgan fingerprint density at radius 3 is 2.84 bits per heavy atom. The predicted molar refractivity (Wildman–Crippen MR) is 83.2 cm³/mol. The van der Waals surface area contributed by atoms with Crippen molar-refractivity contribution in [2.24, 2.45) is 0 Å². The Kier molecular flexibility index (Phi) is 5.55. The van der Waals surface area contributed by atoms with Gasteiger partial charge in [0.05, 0.1) is 0 Å². The largest absolute Gasteiger partial charge is 0.310 e. The summed E-state index contributed by atoms with van der Waals surface area (Å²) >= 11 is 5.14. The Morgan fingerprint density at radius 1 is 1.37 bits per heavy atom. The fourth-order valence-corrected chi connectivity index (χ4v) is 3.38. The number of hydrogen-bond acceptors (Lipinski definition) is 2. The van der Waals surface area contributed by atoms with Crippen molar-refractivity contribution >= 4 is 27.3 Å². The highest BCUT2D eigenvalue weighted by atomic mass is 79.9. The normalized spacial score (nSPS) is 12.6. The SMILES string of the molecule is CCCNC(Cc1ccsc1)c1c(F)cccc1Br. The van der Waals surface area contributed by atoms with Crippen LogP contribution in [0, 0.1) is 5.82 Å². The molecule has 0 bridgehead atoms. The van der Waals surface area contributed by atoms with Crippen LogP contribution < -0.4 is 5.32 Å². The molecule has 2 aromatic rings. The molecule has 0 fully saturated rings. The molecule has 102 valence electrons. The Morgan fingerprint density at radius 2 is 2.21 bits per heavy atom. The van der Waals surface area contributed by atoms with Gasteiger partial charge in [-0.25, -0.2) is 4.39 Å². The molecule has 0 amide bonds. The summed E-state index contributed by atoms with van der Waals surface area (Å²) in [7, 11) is 0. The third-order valence-electron chi connectivity index (χ3n) is 3.01. The van der Waals surface area contributed by atoms with Crippen molar-refractivity contribution in [1.82, 2.24) is 5.32 Å². The summed E-state index contributed by atoms with van der Waals surface area (Å²) in [5, 5.41) is 7.62. The Hall–Kier alpha value is -0.710. The average Bonchev–Trinajstić information content (AvgIpc) is 2.88. The van der Waals surface area contributed by atoms with Crippen LogP contribution in [-0.2, 0) is 6.42 Å². The molecule has 0 radical (unpaired) electrons. The maximum atomic E-state index is 14.1. The first-order valence-corrected chi connectivity index (χ1v) is 8.14. The van der Waals surface area contributed by atoms with Crippen LogP contribution in [-0.4, -0.2) is 6.54 Å². The molecule has 1 heterocycles. The highest BCUT2D eigenvalue weighted by molar-refractivity contribution is 9.10. The minimum absolute atomic E-state index is 0.00475. The second kappa shape index (κ2) is 7.17. The third kappa shape index (κ3) is 3.88. The van der Waals surface area contributed by atoms with E-state index in [1.807, 2.05) is 6.07 Å². The van der Waals surface area contributed by atoms with Gasteiger partial charge < -0.3 is 5.32 Å². The average molecular weight is 342 g/mol. The number of benzene rings is 1. The van der Waals surface area contributed by atoms with Gasteiger partial charge in [-0.05, 0) is 53.9 Å². The van der Waals surface area contributed by atoms with Crippen LogP contribution in [0.1, 0.15) is 30.5 Å². The molecule has 0 spiro atoms. The summed E-state index contributed by atoms with van der Waals surface area (Å²) in [5.41, 5.74) is 1.97. The van der Waals surface area contributed by atoms with Crippen molar-refractivity contribution in [3.05, 3.63) is 56.4 Å². The topological polar surface area (TPSA) is 12.0 Å². The molecule has 0 saturated carbocycles. The van der Waals surface area contributed by atoms with E-state index in [-0.39, 0.29) is 11.9 Å². The van der Waals surface area contributed by atoms with Gasteiger partial charge in [0, 0.05) is 16.1 Å². The van der Waals surface area contributed by atoms with E-state index in [4.69, 9.17) is 0 Å². The van der Waals surface area contributed by atoms with Crippen molar-refractivity contribution in [2.75, 3.05) is 6.54 Å². The van der Waals surface area contributed by atoms with E-state index in [1.54, 1.807) is 17.4 Å². The zero-order valence-electron chi connectivity index (χ0n) is 10.8. The maximum absolute atomic E-state index is 14.1. The van der Waals surface area contributed by atoms with Gasteiger partial charge >= 0.3 is 0 Å². The molecule has 1 nitrogen and oxygen atoms in total. The van der Waals surface area contributed by atoms with Gasteiger partial charge in [0.15, 0.2) is 0 Å². The van der Waals surface area contributed by atoms with Crippen molar-refractivity contribution in [1.29, 1.82) is 0 Å². The minimum Gasteiger partial charge on any atom is -0.310 e. The molecule has 1 N–H and O–H groups in total. The molecule has 1 aromatic heterocycles. The molecule has 0 aliphatic heterocycles. The van der Waals surface area contributed by atoms with E-state index in [0.29, 0.717) is 0 Å². The second-order valence-electron chi connectivity index (χ2n) is 4.48. The van der Waals surface area contributed by atoms with Gasteiger partial charge in [-0.1, -0.05) is 28.9 Å². The first-order chi connectivity index (χ1) is 9.22. The first-order valence-electron chi connectivity index (χ1n) is 6.40. The quantitative estimate of drug-likeness (QED) is 0.785. The molecule has 0 saturated heterocycles. The Bertz CT molecular complexity index is 493. The number of rotatable bonds is 6. The van der Waals surface area contributed by atoms with Gasteiger partial charge in [-0.2, -0.15) is 11.3 Å². The van der Waals surface area contributed by atoms with Gasteiger partial charge in [-0.15, -0.1) is 0 Å². The van der Waals surface area contributed by atoms with Crippen LogP contribution in [0.25, 0.3) is 0 Å². The first kappa shape index (κ1) is 14.7. The summed E-state index contributed by atoms with van der Waals surface area (Å²) in [6.45, 7) is 3.00. The van der Waals surface area contributed by atoms with Crippen molar-refractivity contribution in [3.8, 4) is 0 Å². The van der Waals surface area contributed by atoms with Gasteiger partial charge in [0.2, 0.25) is 0 Å². The predicted octanol–water partition coefficient (Wildman–Crippen LogP) is 4.93. The van der Waals surface area contributed by atoms with Crippen LogP contribution in [0.5, 0.6) is 0 Å². The molecular weight excluding hydrogens is 325 g/mol. The van der Waals surface area contributed by atoms with Crippen LogP contribution in [0.2, 0.25) is 0 Å². The Labute approximate surface area is 126 Å². The highest BCUT2D eigenvalue weighted by Crippen LogP contribution is 2.29. The summed E-state index contributed by atoms with van der Waals surface area (Å²) in [6, 6.07) is 7.25. The Balaban J connectivity index is 2.26. The maximum Gasteiger partial charge on any atom is 0.129 e. The zero-order valence-corrected chi connectivity index (χ0v) is 13.2. The number of thiophene rings is 1. The molecule has 0 aliphatic rings. The molecule has 1 unspecified atom stereocenters. The summed E-state index contributed by atoms with van der Waals surface area (Å²) in [4.78, 5) is 0. The molecule has 1 atom stereocenters. The van der Waals surface area contributed by atoms with Gasteiger partial charge in [0.25, 0.3) is 0 Å². The van der Waals surface area contributed by atoms with E-state index in [2.05, 4.69) is 45.0 Å². The zero-order chi connectivity index (χ0) is 13.7. The molecule has 4 heteroatoms. The number of nitrogens with one attached hydrogen (secondary N) is 1. The summed E-state index contributed by atoms with van der Waals surface area (Å²) in [6.07, 6.45) is 1.84. The van der Waals surface area contributed by atoms with Crippen molar-refractivity contribution in [2.45, 2.75) is 25.8 Å². The van der Waals surface area contributed by atoms with Crippen LogP contribution in [0.4, 0.5) is 4.39 Å². The van der Waals surface area contributed by atoms with Gasteiger partial charge in [-0.3, -0.25) is 0 Å². The fraction of sp³-hybridized carbons (Fsp3) is 0.333. The molecule has 19 heavy (non-hydrogen) atoms. The van der Waals surface area contributed by atoms with E-state index in [0.717, 1.165) is 29.4 Å². The number of hydrogen-bond donors (Lipinski definition) is 1. The standard InChI is InChI=1S/C15H17BrFNS/c1-2-7-18-14(9-11-6-8-19-10-11)15-12(16)4-3-5-13(15)17/h3-6,8,10,14,18H,2,7,9H2,1H3. The lowest BCUT2D eigenvalue weighted by atomic mass is 10.00. The van der Waals surface area contributed by atoms with Crippen LogP contribution >= 0.6 is 27.3 Å². The van der Waals surface area contributed by atoms with Crippen LogP contribution in [0.15, 0.2) is 39.5 Å². The van der Waals surface area contributed by atoms with E-state index in [1.165, 1.54) is 11.6 Å². The number of halogens is 2. The fourth-order valence-electron chi connectivity index (χ4n) is 2.08. The van der Waals surface area contributed by atoms with Crippen molar-refractivity contribution < 1.29 is 4.39 Å². The van der Waals surface area contributed by atoms with E-state index >= 15 is 0 Å². The van der Waals surface area contributed by atoms with E-state index in [9.17, 15) is 4.39 Å². The molecule has 0 aliphatic carbocycles. The third-order valence-corrected chi connectivity index (χ3v) is 4.43. The smallest absolute Gasteiger partial charge is 0.129 e. The molecular formula is C15H17BrFNS. The monoisotopic (exact) mass is 341 g/mol. The summed E-state index contributed by atoms with van der Waals surface area (Å²) < 4.78 is 14.9. The highest BCUT2D eigenvalue weighted by Gasteiger charge is 2.18. The van der Waals surface area contributed by atoms with Gasteiger partial charge in [0.1, 0.15) is 5.82 Å². The molecule has 1 aromatic carbocycles. The molecule has 2 rings (SSSR count). The second-order valence-corrected chi connectivity index (χ2v) is 6.11. The minimum atomic E-state index is -0.154. The van der Waals surface area contributed by atoms with E-state index < -0.39 is 0 Å². The lowest BCUT2D eigenvalue weighted by Gasteiger charge is -2.20. The van der Waals surface area contributed by atoms with Crippen molar-refractivity contribution in [3.63, 3.8) is 0 Å². The van der Waals surface area contributed by atoms with Crippen LogP contribution in [0.3, 0.4) is 0 Å². The lowest BCUT2D eigenvalue weighted by molar-refractivity contribution is 0.495.